The fourth-order valence-electron chi connectivity index (χ4n) is 2.92. The number of hydrogen-bond acceptors (Lipinski definition) is 7. The van der Waals surface area contributed by atoms with Crippen molar-refractivity contribution >= 4 is 28.8 Å². The Kier molecular flexibility index (Phi) is 6.75. The molecule has 0 radical (unpaired) electrons. The summed E-state index contributed by atoms with van der Waals surface area (Å²) in [5.74, 6) is 0.141. The average Bonchev–Trinajstić information content (AvgIpc) is 3.51. The molecule has 1 N–H and O–H groups in total. The Bertz CT molecular complexity index is 1240. The first-order valence-electron chi connectivity index (χ1n) is 9.88. The van der Waals surface area contributed by atoms with E-state index < -0.39 is 5.91 Å². The fourth-order valence-corrected chi connectivity index (χ4v) is 3.57. The average molecular weight is 466 g/mol. The highest BCUT2D eigenvalue weighted by molar-refractivity contribution is 7.13. The number of aromatic nitrogens is 2. The molecule has 33 heavy (non-hydrogen) atoms. The SMILES string of the molecule is CN(Cc1ccco1)C(=O)c1cccc(NC(=O)c2nnc(COc3ccc(F)cc3)s2)c1. The van der Waals surface area contributed by atoms with Crippen LogP contribution in [0, 0.1) is 5.82 Å². The molecule has 2 heterocycles. The van der Waals surface area contributed by atoms with Gasteiger partial charge in [-0.15, -0.1) is 10.2 Å². The highest BCUT2D eigenvalue weighted by Gasteiger charge is 2.16. The number of nitrogens with one attached hydrogen (secondary N) is 1. The van der Waals surface area contributed by atoms with Crippen molar-refractivity contribution in [3.63, 3.8) is 0 Å². The largest absolute Gasteiger partial charge is 0.486 e. The second-order valence-electron chi connectivity index (χ2n) is 7.02. The number of hydrogen-bond donors (Lipinski definition) is 1. The van der Waals surface area contributed by atoms with Crippen LogP contribution in [0.15, 0.2) is 71.3 Å². The maximum absolute atomic E-state index is 13.0. The first-order valence-corrected chi connectivity index (χ1v) is 10.7. The van der Waals surface area contributed by atoms with E-state index in [1.54, 1.807) is 49.7 Å². The molecule has 0 unspecified atom stereocenters. The van der Waals surface area contributed by atoms with Gasteiger partial charge in [-0.1, -0.05) is 17.4 Å². The fraction of sp³-hybridized carbons (Fsp3) is 0.130. The van der Waals surface area contributed by atoms with Crippen molar-refractivity contribution in [2.75, 3.05) is 12.4 Å². The zero-order valence-electron chi connectivity index (χ0n) is 17.5. The van der Waals surface area contributed by atoms with Gasteiger partial charge in [-0.3, -0.25) is 9.59 Å². The zero-order valence-corrected chi connectivity index (χ0v) is 18.3. The van der Waals surface area contributed by atoms with Gasteiger partial charge in [0.05, 0.1) is 12.8 Å². The second kappa shape index (κ2) is 10.0. The third-order valence-corrected chi connectivity index (χ3v) is 5.42. The molecule has 0 aliphatic carbocycles. The Labute approximate surface area is 192 Å². The summed E-state index contributed by atoms with van der Waals surface area (Å²) in [5.41, 5.74) is 0.879. The van der Waals surface area contributed by atoms with Gasteiger partial charge in [0.15, 0.2) is 5.01 Å². The molecule has 0 bridgehead atoms. The van der Waals surface area contributed by atoms with Gasteiger partial charge < -0.3 is 19.4 Å². The third kappa shape index (κ3) is 5.80. The molecule has 0 fully saturated rings. The van der Waals surface area contributed by atoms with Gasteiger partial charge in [-0.2, -0.15) is 0 Å². The first-order chi connectivity index (χ1) is 16.0. The van der Waals surface area contributed by atoms with Crippen LogP contribution in [0.5, 0.6) is 5.75 Å². The monoisotopic (exact) mass is 466 g/mol. The lowest BCUT2D eigenvalue weighted by molar-refractivity contribution is 0.0775. The number of furan rings is 1. The number of carbonyl (C=O) groups excluding carboxylic acids is 2. The Hall–Kier alpha value is -4.05. The molecule has 4 rings (SSSR count). The number of rotatable bonds is 8. The topological polar surface area (TPSA) is 97.6 Å². The summed E-state index contributed by atoms with van der Waals surface area (Å²) in [6.45, 7) is 0.429. The summed E-state index contributed by atoms with van der Waals surface area (Å²) in [5, 5.41) is 11.2. The maximum atomic E-state index is 13.0. The van der Waals surface area contributed by atoms with Gasteiger partial charge in [0, 0.05) is 18.3 Å². The summed E-state index contributed by atoms with van der Waals surface area (Å²) in [6.07, 6.45) is 1.55. The van der Waals surface area contributed by atoms with Crippen molar-refractivity contribution in [2.45, 2.75) is 13.2 Å². The Morgan fingerprint density at radius 3 is 2.70 bits per heavy atom. The van der Waals surface area contributed by atoms with E-state index in [0.29, 0.717) is 34.3 Å². The maximum Gasteiger partial charge on any atom is 0.286 e. The van der Waals surface area contributed by atoms with Crippen molar-refractivity contribution in [3.8, 4) is 5.75 Å². The van der Waals surface area contributed by atoms with Gasteiger partial charge >= 0.3 is 0 Å². The van der Waals surface area contributed by atoms with Gasteiger partial charge in [-0.25, -0.2) is 4.39 Å². The lowest BCUT2D eigenvalue weighted by atomic mass is 10.1. The molecule has 0 saturated carbocycles. The van der Waals surface area contributed by atoms with Crippen LogP contribution in [0.4, 0.5) is 10.1 Å². The Morgan fingerprint density at radius 1 is 1.12 bits per heavy atom. The van der Waals surface area contributed by atoms with E-state index in [9.17, 15) is 14.0 Å². The van der Waals surface area contributed by atoms with Crippen LogP contribution >= 0.6 is 11.3 Å². The predicted octanol–water partition coefficient (Wildman–Crippen LogP) is 4.37. The van der Waals surface area contributed by atoms with Gasteiger partial charge in [0.25, 0.3) is 11.8 Å². The van der Waals surface area contributed by atoms with Gasteiger partial charge in [0.2, 0.25) is 5.01 Å². The number of amides is 2. The van der Waals surface area contributed by atoms with Crippen molar-refractivity contribution in [2.24, 2.45) is 0 Å². The Morgan fingerprint density at radius 2 is 1.94 bits per heavy atom. The normalized spacial score (nSPS) is 10.6. The van der Waals surface area contributed by atoms with Crippen LogP contribution in [-0.2, 0) is 13.2 Å². The smallest absolute Gasteiger partial charge is 0.286 e. The van der Waals surface area contributed by atoms with Crippen molar-refractivity contribution in [3.05, 3.63) is 94.1 Å². The molecule has 10 heteroatoms. The molecule has 168 valence electrons. The number of benzene rings is 2. The summed E-state index contributed by atoms with van der Waals surface area (Å²) in [7, 11) is 1.67. The molecule has 0 aliphatic heterocycles. The van der Waals surface area contributed by atoms with Crippen LogP contribution in [0.3, 0.4) is 0 Å². The molecule has 2 amide bonds. The highest BCUT2D eigenvalue weighted by Crippen LogP contribution is 2.18. The highest BCUT2D eigenvalue weighted by atomic mass is 32.1. The summed E-state index contributed by atoms with van der Waals surface area (Å²) in [6, 6.07) is 15.8. The zero-order chi connectivity index (χ0) is 23.2. The standard InChI is InChI=1S/C23H19FN4O4S/c1-28(13-19-6-3-11-31-19)23(30)15-4-2-5-17(12-15)25-21(29)22-27-26-20(33-22)14-32-18-9-7-16(24)8-10-18/h2-12H,13-14H2,1H3,(H,25,29). The minimum atomic E-state index is -0.450. The predicted molar refractivity (Wildman–Crippen MR) is 120 cm³/mol. The van der Waals surface area contributed by atoms with E-state index in [4.69, 9.17) is 9.15 Å². The van der Waals surface area contributed by atoms with Crippen molar-refractivity contribution < 1.29 is 23.1 Å². The molecule has 0 aliphatic rings. The van der Waals surface area contributed by atoms with E-state index in [-0.39, 0.29) is 23.3 Å². The lowest BCUT2D eigenvalue weighted by Crippen LogP contribution is -2.26. The van der Waals surface area contributed by atoms with Crippen LogP contribution in [-0.4, -0.2) is 34.0 Å². The summed E-state index contributed by atoms with van der Waals surface area (Å²) >= 11 is 1.08. The van der Waals surface area contributed by atoms with Crippen molar-refractivity contribution in [1.29, 1.82) is 0 Å². The summed E-state index contributed by atoms with van der Waals surface area (Å²) in [4.78, 5) is 26.8. The molecule has 0 spiro atoms. The number of halogens is 1. The van der Waals surface area contributed by atoms with E-state index in [1.807, 2.05) is 0 Å². The second-order valence-corrected chi connectivity index (χ2v) is 8.08. The minimum Gasteiger partial charge on any atom is -0.486 e. The van der Waals surface area contributed by atoms with E-state index >= 15 is 0 Å². The summed E-state index contributed by atoms with van der Waals surface area (Å²) < 4.78 is 23.8. The van der Waals surface area contributed by atoms with E-state index in [1.165, 1.54) is 29.2 Å². The number of ether oxygens (including phenoxy) is 1. The van der Waals surface area contributed by atoms with E-state index in [2.05, 4.69) is 15.5 Å². The van der Waals surface area contributed by atoms with E-state index in [0.717, 1.165) is 11.3 Å². The number of carbonyl (C=O) groups is 2. The number of nitrogens with zero attached hydrogens (tertiary/aromatic N) is 3. The first kappa shape index (κ1) is 22.2. The minimum absolute atomic E-state index is 0.0998. The lowest BCUT2D eigenvalue weighted by Gasteiger charge is -2.16. The molecule has 0 saturated heterocycles. The van der Waals surface area contributed by atoms with Crippen LogP contribution in [0.25, 0.3) is 0 Å². The van der Waals surface area contributed by atoms with Crippen LogP contribution in [0.1, 0.15) is 30.9 Å². The third-order valence-electron chi connectivity index (χ3n) is 4.52. The van der Waals surface area contributed by atoms with Crippen LogP contribution < -0.4 is 10.1 Å². The van der Waals surface area contributed by atoms with Gasteiger partial charge in [0.1, 0.15) is 23.9 Å². The molecule has 4 aromatic rings. The molecule has 2 aromatic heterocycles. The molecule has 2 aromatic carbocycles. The van der Waals surface area contributed by atoms with Gasteiger partial charge in [-0.05, 0) is 54.6 Å². The van der Waals surface area contributed by atoms with Crippen molar-refractivity contribution in [1.82, 2.24) is 15.1 Å². The molecular formula is C23H19FN4O4S. The Balaban J connectivity index is 1.35. The molecule has 8 nitrogen and oxygen atoms in total. The van der Waals surface area contributed by atoms with Crippen LogP contribution in [0.2, 0.25) is 0 Å². The molecular weight excluding hydrogens is 447 g/mol. The quantitative estimate of drug-likeness (QED) is 0.414. The number of anilines is 1. The molecule has 0 atom stereocenters.